The molecule has 0 aromatic heterocycles. The molecule has 0 fully saturated rings. The maximum Gasteiger partial charge on any atom is 0.335 e. The minimum Gasteiger partial charge on any atom is -0.478 e. The molecule has 12 heavy (non-hydrogen) atoms. The van der Waals surface area contributed by atoms with E-state index in [0.717, 1.165) is 5.56 Å². The second-order valence-electron chi connectivity index (χ2n) is 2.09. The predicted molar refractivity (Wildman–Crippen MR) is 42.2 cm³/mol. The van der Waals surface area contributed by atoms with Crippen molar-refractivity contribution in [1.82, 2.24) is 0 Å². The Bertz CT molecular complexity index is 277. The van der Waals surface area contributed by atoms with Gasteiger partial charge in [0, 0.05) is 0 Å². The molecule has 0 saturated heterocycles. The third-order valence-electron chi connectivity index (χ3n) is 1.35. The van der Waals surface area contributed by atoms with Crippen molar-refractivity contribution < 1.29 is 9.90 Å². The maximum atomic E-state index is 10.4. The van der Waals surface area contributed by atoms with Gasteiger partial charge in [0.25, 0.3) is 0 Å². The number of aromatic carboxylic acids is 1. The van der Waals surface area contributed by atoms with Gasteiger partial charge in [-0.2, -0.15) is 5.56 Å². The van der Waals surface area contributed by atoms with E-state index in [0.29, 0.717) is 0 Å². The molecule has 1 N–H and O–H groups in total. The summed E-state index contributed by atoms with van der Waals surface area (Å²) in [5.41, 5.74) is 1.09. The van der Waals surface area contributed by atoms with Crippen LogP contribution >= 0.6 is 0 Å². The first-order valence-corrected chi connectivity index (χ1v) is 3.12. The maximum absolute atomic E-state index is 10.4. The van der Waals surface area contributed by atoms with Gasteiger partial charge in [0.1, 0.15) is 0 Å². The van der Waals surface area contributed by atoms with Crippen LogP contribution in [0, 0.1) is 6.58 Å². The van der Waals surface area contributed by atoms with Gasteiger partial charge in [0.2, 0.25) is 0 Å². The van der Waals surface area contributed by atoms with Crippen molar-refractivity contribution in [3.05, 3.63) is 42.0 Å². The SMILES string of the molecule is [CH-]=Cc1ccc(C(=O)O)cc1.[Rf]. The summed E-state index contributed by atoms with van der Waals surface area (Å²) in [6, 6.07) is 6.34. The van der Waals surface area contributed by atoms with Gasteiger partial charge in [0.15, 0.2) is 0 Å². The molecular weight excluding hydrogens is 407 g/mol. The Morgan fingerprint density at radius 3 is 2.17 bits per heavy atom. The third-order valence-corrected chi connectivity index (χ3v) is 1.35. The van der Waals surface area contributed by atoms with E-state index in [1.807, 2.05) is 0 Å². The normalized spacial score (nSPS) is 8.33. The second kappa shape index (κ2) is 3.56. The number of carbonyl (C=O) groups is 1. The second-order valence-corrected chi connectivity index (χ2v) is 2.09. The van der Waals surface area contributed by atoms with Crippen molar-refractivity contribution in [2.45, 2.75) is 0 Å². The van der Waals surface area contributed by atoms with Crippen LogP contribution in [0.3, 0.4) is 0 Å². The molecule has 58 valence electrons. The first-order chi connectivity index (χ1) is 5.24. The van der Waals surface area contributed by atoms with Gasteiger partial charge in [-0.05, 0) is 0 Å². The zero-order chi connectivity index (χ0) is 8.27. The van der Waals surface area contributed by atoms with E-state index in [2.05, 4.69) is 0 Å². The Labute approximate surface area is 64.8 Å². The summed E-state index contributed by atoms with van der Waals surface area (Å²) in [7, 11) is 0. The summed E-state index contributed by atoms with van der Waals surface area (Å²) in [6.07, 6.45) is 1.42. The molecule has 0 atom stereocenters. The molecule has 1 rings (SSSR count). The van der Waals surface area contributed by atoms with Crippen molar-refractivity contribution >= 4 is 12.0 Å². The van der Waals surface area contributed by atoms with Crippen LogP contribution in [0.25, 0.3) is 6.08 Å². The van der Waals surface area contributed by atoms with Crippen LogP contribution in [0.1, 0.15) is 15.9 Å². The molecule has 0 heterocycles. The molecule has 3 heteroatoms. The summed E-state index contributed by atoms with van der Waals surface area (Å²) >= 11 is 0. The molecule has 1 aromatic rings. The van der Waals surface area contributed by atoms with Gasteiger partial charge in [0.05, 0.1) is 5.56 Å². The third kappa shape index (κ3) is 1.70. The van der Waals surface area contributed by atoms with Gasteiger partial charge >= 0.3 is 5.97 Å². The van der Waals surface area contributed by atoms with Gasteiger partial charge in [-0.25, -0.2) is 10.9 Å². The van der Waals surface area contributed by atoms with Gasteiger partial charge in [-0.15, -0.1) is 12.1 Å². The van der Waals surface area contributed by atoms with Crippen LogP contribution < -0.4 is 0 Å². The van der Waals surface area contributed by atoms with E-state index >= 15 is 0 Å². The molecule has 0 aliphatic heterocycles. The summed E-state index contributed by atoms with van der Waals surface area (Å²) in [4.78, 5) is 10.4. The quantitative estimate of drug-likeness (QED) is 0.751. The molecule has 0 aliphatic carbocycles. The number of benzene rings is 1. The minimum atomic E-state index is -0.923. The van der Waals surface area contributed by atoms with E-state index < -0.39 is 5.97 Å². The van der Waals surface area contributed by atoms with Crippen molar-refractivity contribution in [3.63, 3.8) is 0 Å². The van der Waals surface area contributed by atoms with Crippen LogP contribution in [0.4, 0.5) is 0 Å². The molecule has 0 radical (unpaired) electrons. The fraction of sp³-hybridized carbons (Fsp3) is 0. The average molecular weight is 414 g/mol. The van der Waals surface area contributed by atoms with Crippen LogP contribution in [-0.4, -0.2) is 11.1 Å². The van der Waals surface area contributed by atoms with Crippen LogP contribution in [-0.2, 0) is 0 Å². The molecule has 0 spiro atoms. The molecule has 0 aliphatic rings. The number of hydrogen-bond acceptors (Lipinski definition) is 1. The average Bonchev–Trinajstić information content (AvgIpc) is 2.05. The smallest absolute Gasteiger partial charge is 0.335 e. The largest absolute Gasteiger partial charge is 0.478 e. The fourth-order valence-electron chi connectivity index (χ4n) is 0.737. The van der Waals surface area contributed by atoms with E-state index in [-0.39, 0.29) is 5.56 Å². The molecule has 0 unspecified atom stereocenters. The number of rotatable bonds is 2. The van der Waals surface area contributed by atoms with Gasteiger partial charge in [-0.1, -0.05) is 12.1 Å². The molecular formula is C9H7O2Rf-. The summed E-state index contributed by atoms with van der Waals surface area (Å²) in [6.45, 7) is 5.20. The van der Waals surface area contributed by atoms with E-state index in [1.54, 1.807) is 12.1 Å². The number of carboxylic acids is 1. The van der Waals surface area contributed by atoms with Crippen molar-refractivity contribution in [3.8, 4) is 0 Å². The summed E-state index contributed by atoms with van der Waals surface area (Å²) < 4.78 is 0. The Balaban J connectivity index is 0.00000121. The van der Waals surface area contributed by atoms with Gasteiger partial charge < -0.3 is 5.11 Å². The topological polar surface area (TPSA) is 37.3 Å². The standard InChI is InChI=1S/C9H7O2.Rf/c1-2-7-3-5-8(6-4-7)9(10)11;/h1-6H,(H,10,11);/q-1;. The Morgan fingerprint density at radius 1 is 1.33 bits per heavy atom. The molecule has 0 saturated carbocycles. The summed E-state index contributed by atoms with van der Waals surface area (Å²) in [5, 5.41) is 8.51. The van der Waals surface area contributed by atoms with Gasteiger partial charge in [-0.3, -0.25) is 6.58 Å². The minimum absolute atomic E-state index is 0. The van der Waals surface area contributed by atoms with E-state index in [1.165, 1.54) is 18.2 Å². The first-order valence-electron chi connectivity index (χ1n) is 3.12. The van der Waals surface area contributed by atoms with E-state index in [4.69, 9.17) is 11.7 Å². The number of carboxylic acid groups (broad SMARTS) is 1. The Kier molecular flexibility index (Phi) is 2.80. The van der Waals surface area contributed by atoms with E-state index in [9.17, 15) is 4.79 Å². The fourth-order valence-corrected chi connectivity index (χ4v) is 0.737. The summed E-state index contributed by atoms with van der Waals surface area (Å²) in [5.74, 6) is -0.923. The number of hydrogen-bond donors (Lipinski definition) is 1. The van der Waals surface area contributed by atoms with Crippen molar-refractivity contribution in [2.75, 3.05) is 0 Å². The van der Waals surface area contributed by atoms with Crippen LogP contribution in [0.2, 0.25) is 0 Å². The Morgan fingerprint density at radius 2 is 1.83 bits per heavy atom. The van der Waals surface area contributed by atoms with Crippen molar-refractivity contribution in [1.29, 1.82) is 0 Å². The van der Waals surface area contributed by atoms with Crippen LogP contribution in [0.15, 0.2) is 24.3 Å². The zero-order valence-electron chi connectivity index (χ0n) is 6.53. The predicted octanol–water partition coefficient (Wildman–Crippen LogP) is 1.83. The molecule has 1 aromatic carbocycles. The molecule has 2 nitrogen and oxygen atoms in total. The Hall–Kier alpha value is -2.57. The van der Waals surface area contributed by atoms with Crippen molar-refractivity contribution in [2.24, 2.45) is 0 Å². The molecule has 0 amide bonds. The van der Waals surface area contributed by atoms with Crippen LogP contribution in [0.5, 0.6) is 0 Å². The monoisotopic (exact) mass is 414 g/mol. The first kappa shape index (κ1) is 9.43. The molecule has 0 bridgehead atoms. The zero-order valence-corrected chi connectivity index (χ0v) is 12.9.